The summed E-state index contributed by atoms with van der Waals surface area (Å²) in [5.41, 5.74) is 0.511. The van der Waals surface area contributed by atoms with Gasteiger partial charge in [0.1, 0.15) is 29.1 Å². The standard InChI is InChI=1S/C18H20O7/c1-21-11-5-6-12(22-2)16-15(11)13(23-3)7-9(18(16)24-4)17-10(19)8-14(20)25-17/h5-7,10,17,19H,8H2,1-4H3/t10-,17-/m1/s1. The molecule has 0 bridgehead atoms. The minimum Gasteiger partial charge on any atom is -0.496 e. The van der Waals surface area contributed by atoms with E-state index in [-0.39, 0.29) is 6.42 Å². The molecule has 1 aliphatic rings. The number of methoxy groups -OCH3 is 4. The Kier molecular flexibility index (Phi) is 4.59. The third kappa shape index (κ3) is 2.70. The van der Waals surface area contributed by atoms with Gasteiger partial charge < -0.3 is 28.8 Å². The smallest absolute Gasteiger partial charge is 0.309 e. The van der Waals surface area contributed by atoms with E-state index >= 15 is 0 Å². The van der Waals surface area contributed by atoms with Gasteiger partial charge in [-0.15, -0.1) is 0 Å². The molecule has 0 aliphatic carbocycles. The number of rotatable bonds is 5. The summed E-state index contributed by atoms with van der Waals surface area (Å²) in [5.74, 6) is 1.60. The lowest BCUT2D eigenvalue weighted by atomic mass is 9.96. The number of esters is 1. The third-order valence-corrected chi connectivity index (χ3v) is 4.31. The van der Waals surface area contributed by atoms with Crippen molar-refractivity contribution >= 4 is 16.7 Å². The average molecular weight is 348 g/mol. The summed E-state index contributed by atoms with van der Waals surface area (Å²) < 4.78 is 27.3. The number of aliphatic hydroxyl groups is 1. The molecular weight excluding hydrogens is 328 g/mol. The molecule has 1 fully saturated rings. The van der Waals surface area contributed by atoms with Gasteiger partial charge in [0.2, 0.25) is 0 Å². The zero-order chi connectivity index (χ0) is 18.1. The molecule has 0 aromatic heterocycles. The van der Waals surface area contributed by atoms with E-state index in [0.717, 1.165) is 0 Å². The van der Waals surface area contributed by atoms with Crippen LogP contribution in [0.15, 0.2) is 18.2 Å². The van der Waals surface area contributed by atoms with Crippen molar-refractivity contribution in [2.75, 3.05) is 28.4 Å². The highest BCUT2D eigenvalue weighted by molar-refractivity contribution is 6.03. The normalized spacial score (nSPS) is 19.6. The van der Waals surface area contributed by atoms with Crippen LogP contribution in [0.3, 0.4) is 0 Å². The fourth-order valence-corrected chi connectivity index (χ4v) is 3.21. The lowest BCUT2D eigenvalue weighted by Crippen LogP contribution is -2.14. The van der Waals surface area contributed by atoms with Crippen LogP contribution in [-0.4, -0.2) is 45.6 Å². The van der Waals surface area contributed by atoms with Crippen molar-refractivity contribution < 1.29 is 33.6 Å². The molecule has 3 rings (SSSR count). The summed E-state index contributed by atoms with van der Waals surface area (Å²) >= 11 is 0. The topological polar surface area (TPSA) is 83.5 Å². The van der Waals surface area contributed by atoms with Gasteiger partial charge in [0.25, 0.3) is 0 Å². The van der Waals surface area contributed by atoms with E-state index in [4.69, 9.17) is 23.7 Å². The zero-order valence-electron chi connectivity index (χ0n) is 14.5. The maximum Gasteiger partial charge on any atom is 0.309 e. The number of carbonyl (C=O) groups is 1. The minimum atomic E-state index is -0.958. The van der Waals surface area contributed by atoms with Crippen LogP contribution in [0, 0.1) is 0 Å². The van der Waals surface area contributed by atoms with E-state index in [1.807, 2.05) is 0 Å². The van der Waals surface area contributed by atoms with Crippen LogP contribution in [0.4, 0.5) is 0 Å². The highest BCUT2D eigenvalue weighted by Gasteiger charge is 2.38. The fourth-order valence-electron chi connectivity index (χ4n) is 3.21. The predicted molar refractivity (Wildman–Crippen MR) is 89.6 cm³/mol. The van der Waals surface area contributed by atoms with Gasteiger partial charge in [-0.2, -0.15) is 0 Å². The molecule has 134 valence electrons. The van der Waals surface area contributed by atoms with Crippen molar-refractivity contribution in [2.24, 2.45) is 0 Å². The molecule has 1 aliphatic heterocycles. The molecule has 1 N–H and O–H groups in total. The Hall–Kier alpha value is -2.67. The van der Waals surface area contributed by atoms with Crippen molar-refractivity contribution in [2.45, 2.75) is 18.6 Å². The van der Waals surface area contributed by atoms with Gasteiger partial charge >= 0.3 is 5.97 Å². The molecule has 2 aromatic carbocycles. The minimum absolute atomic E-state index is 0.0661. The number of benzene rings is 2. The van der Waals surface area contributed by atoms with Crippen LogP contribution < -0.4 is 18.9 Å². The van der Waals surface area contributed by atoms with E-state index in [1.54, 1.807) is 32.4 Å². The Morgan fingerprint density at radius 2 is 1.56 bits per heavy atom. The summed E-state index contributed by atoms with van der Waals surface area (Å²) in [6.07, 6.45) is -1.86. The summed E-state index contributed by atoms with van der Waals surface area (Å²) in [6, 6.07) is 5.22. The van der Waals surface area contributed by atoms with Crippen LogP contribution >= 0.6 is 0 Å². The van der Waals surface area contributed by atoms with Gasteiger partial charge in [-0.05, 0) is 18.2 Å². The average Bonchev–Trinajstić information content (AvgIpc) is 2.97. The first-order valence-corrected chi connectivity index (χ1v) is 7.72. The summed E-state index contributed by atoms with van der Waals surface area (Å²) in [7, 11) is 6.14. The molecule has 0 unspecified atom stereocenters. The third-order valence-electron chi connectivity index (χ3n) is 4.31. The van der Waals surface area contributed by atoms with E-state index in [9.17, 15) is 9.90 Å². The largest absolute Gasteiger partial charge is 0.496 e. The molecule has 0 amide bonds. The Morgan fingerprint density at radius 1 is 0.960 bits per heavy atom. The van der Waals surface area contributed by atoms with Crippen molar-refractivity contribution in [1.29, 1.82) is 0 Å². The quantitative estimate of drug-likeness (QED) is 0.830. The maximum absolute atomic E-state index is 11.6. The monoisotopic (exact) mass is 348 g/mol. The highest BCUT2D eigenvalue weighted by atomic mass is 16.6. The van der Waals surface area contributed by atoms with E-state index in [2.05, 4.69) is 0 Å². The molecule has 2 atom stereocenters. The number of carbonyl (C=O) groups excluding carboxylic acids is 1. The van der Waals surface area contributed by atoms with E-state index in [0.29, 0.717) is 39.3 Å². The van der Waals surface area contributed by atoms with Crippen molar-refractivity contribution in [3.05, 3.63) is 23.8 Å². The number of hydrogen-bond donors (Lipinski definition) is 1. The molecule has 2 aromatic rings. The zero-order valence-corrected chi connectivity index (χ0v) is 14.5. The summed E-state index contributed by atoms with van der Waals surface area (Å²) in [5, 5.41) is 11.5. The molecule has 25 heavy (non-hydrogen) atoms. The predicted octanol–water partition coefficient (Wildman–Crippen LogP) is 2.22. The van der Waals surface area contributed by atoms with Crippen molar-refractivity contribution in [3.8, 4) is 23.0 Å². The number of fused-ring (bicyclic) bond motifs is 1. The lowest BCUT2D eigenvalue weighted by Gasteiger charge is -2.22. The number of aliphatic hydroxyl groups excluding tert-OH is 1. The Labute approximate surface area is 145 Å². The fraction of sp³-hybridized carbons (Fsp3) is 0.389. The van der Waals surface area contributed by atoms with Crippen molar-refractivity contribution in [1.82, 2.24) is 0 Å². The Bertz CT molecular complexity index is 815. The number of hydrogen-bond acceptors (Lipinski definition) is 7. The van der Waals surface area contributed by atoms with Gasteiger partial charge in [0.15, 0.2) is 6.10 Å². The summed E-state index contributed by atoms with van der Waals surface area (Å²) in [6.45, 7) is 0. The SMILES string of the molecule is COc1ccc(OC)c2c(OC)c([C@H]3OC(=O)C[C@H]3O)cc(OC)c12. The lowest BCUT2D eigenvalue weighted by molar-refractivity contribution is -0.142. The van der Waals surface area contributed by atoms with Crippen LogP contribution in [0.1, 0.15) is 18.1 Å². The van der Waals surface area contributed by atoms with Gasteiger partial charge in [-0.25, -0.2) is 0 Å². The first-order valence-electron chi connectivity index (χ1n) is 7.72. The molecule has 0 spiro atoms. The van der Waals surface area contributed by atoms with Crippen LogP contribution in [0.5, 0.6) is 23.0 Å². The van der Waals surface area contributed by atoms with Gasteiger partial charge in [-0.3, -0.25) is 4.79 Å². The van der Waals surface area contributed by atoms with Crippen LogP contribution in [0.2, 0.25) is 0 Å². The second-order valence-electron chi connectivity index (χ2n) is 5.60. The van der Waals surface area contributed by atoms with E-state index < -0.39 is 18.2 Å². The van der Waals surface area contributed by atoms with Crippen molar-refractivity contribution in [3.63, 3.8) is 0 Å². The maximum atomic E-state index is 11.6. The Balaban J connectivity index is 2.38. The highest BCUT2D eigenvalue weighted by Crippen LogP contribution is 2.49. The number of cyclic esters (lactones) is 1. The molecular formula is C18H20O7. The molecule has 0 saturated carbocycles. The number of ether oxygens (including phenoxy) is 5. The molecule has 1 heterocycles. The Morgan fingerprint density at radius 3 is 2.04 bits per heavy atom. The second kappa shape index (κ2) is 6.68. The summed E-state index contributed by atoms with van der Waals surface area (Å²) in [4.78, 5) is 11.6. The van der Waals surface area contributed by atoms with E-state index in [1.165, 1.54) is 14.2 Å². The molecule has 1 saturated heterocycles. The molecule has 7 heteroatoms. The first kappa shape index (κ1) is 17.2. The van der Waals surface area contributed by atoms with Crippen LogP contribution in [-0.2, 0) is 9.53 Å². The second-order valence-corrected chi connectivity index (χ2v) is 5.60. The molecule has 7 nitrogen and oxygen atoms in total. The van der Waals surface area contributed by atoms with Gasteiger partial charge in [0.05, 0.1) is 45.6 Å². The molecule has 0 radical (unpaired) electrons. The van der Waals surface area contributed by atoms with Gasteiger partial charge in [0, 0.05) is 5.56 Å². The van der Waals surface area contributed by atoms with Crippen LogP contribution in [0.25, 0.3) is 10.8 Å². The first-order chi connectivity index (χ1) is 12.0. The van der Waals surface area contributed by atoms with Gasteiger partial charge in [-0.1, -0.05) is 0 Å².